The Hall–Kier alpha value is -2.42. The summed E-state index contributed by atoms with van der Waals surface area (Å²) in [5.74, 6) is 0.868. The number of para-hydroxylation sites is 2. The predicted octanol–water partition coefficient (Wildman–Crippen LogP) is 2.25. The molecule has 0 aliphatic carbocycles. The molecule has 1 fully saturated rings. The first-order valence-corrected chi connectivity index (χ1v) is 9.39. The highest BCUT2D eigenvalue weighted by atomic mass is 32.2. The van der Waals surface area contributed by atoms with Crippen molar-refractivity contribution in [1.29, 1.82) is 0 Å². The van der Waals surface area contributed by atoms with E-state index in [4.69, 9.17) is 19.9 Å². The van der Waals surface area contributed by atoms with Gasteiger partial charge >= 0.3 is 0 Å². The van der Waals surface area contributed by atoms with Crippen molar-refractivity contribution in [2.45, 2.75) is 11.9 Å². The standard InChI is InChI=1S/C18H21N3O4S/c1-13(21-18-5-3-2-4-17(18)19)26(22)11-14-8-15(6-7-20-14)24-10-16-9-23-12-25-16/h2-8,16,21H,1,9-12,19H2. The van der Waals surface area contributed by atoms with Crippen LogP contribution in [0.1, 0.15) is 5.69 Å². The lowest BCUT2D eigenvalue weighted by Gasteiger charge is -2.12. The first kappa shape index (κ1) is 18.4. The number of ether oxygens (including phenoxy) is 3. The van der Waals surface area contributed by atoms with Crippen molar-refractivity contribution in [3.05, 3.63) is 59.9 Å². The fourth-order valence-electron chi connectivity index (χ4n) is 2.32. The molecule has 2 atom stereocenters. The molecule has 3 rings (SSSR count). The van der Waals surface area contributed by atoms with Crippen LogP contribution in [-0.2, 0) is 26.0 Å². The van der Waals surface area contributed by atoms with E-state index in [-0.39, 0.29) is 11.9 Å². The highest BCUT2D eigenvalue weighted by molar-refractivity contribution is 7.88. The van der Waals surface area contributed by atoms with Crippen LogP contribution in [0, 0.1) is 0 Å². The summed E-state index contributed by atoms with van der Waals surface area (Å²) in [5.41, 5.74) is 7.77. The van der Waals surface area contributed by atoms with E-state index in [2.05, 4.69) is 16.9 Å². The smallest absolute Gasteiger partial charge is 0.147 e. The molecule has 7 nitrogen and oxygen atoms in total. The topological polar surface area (TPSA) is 95.7 Å². The molecule has 0 bridgehead atoms. The van der Waals surface area contributed by atoms with Crippen LogP contribution in [0.2, 0.25) is 0 Å². The Morgan fingerprint density at radius 2 is 2.27 bits per heavy atom. The summed E-state index contributed by atoms with van der Waals surface area (Å²) in [4.78, 5) is 4.24. The monoisotopic (exact) mass is 375 g/mol. The summed E-state index contributed by atoms with van der Waals surface area (Å²) >= 11 is 0. The number of aromatic nitrogens is 1. The molecule has 1 saturated heterocycles. The molecule has 138 valence electrons. The number of hydrogen-bond donors (Lipinski definition) is 2. The van der Waals surface area contributed by atoms with Crippen LogP contribution < -0.4 is 15.8 Å². The minimum atomic E-state index is -1.36. The summed E-state index contributed by atoms with van der Waals surface area (Å²) in [5, 5.41) is 3.37. The molecule has 0 radical (unpaired) electrons. The fraction of sp³-hybridized carbons (Fsp3) is 0.278. The van der Waals surface area contributed by atoms with Crippen molar-refractivity contribution in [3.63, 3.8) is 0 Å². The number of nitrogens with one attached hydrogen (secondary N) is 1. The van der Waals surface area contributed by atoms with Gasteiger partial charge in [-0.25, -0.2) is 0 Å². The van der Waals surface area contributed by atoms with Crippen molar-refractivity contribution in [2.75, 3.05) is 31.1 Å². The van der Waals surface area contributed by atoms with Gasteiger partial charge in [-0.3, -0.25) is 9.19 Å². The third kappa shape index (κ3) is 5.04. The van der Waals surface area contributed by atoms with Gasteiger partial charge in [0.25, 0.3) is 0 Å². The highest BCUT2D eigenvalue weighted by Gasteiger charge is 2.17. The van der Waals surface area contributed by atoms with Crippen LogP contribution in [0.15, 0.2) is 54.2 Å². The predicted molar refractivity (Wildman–Crippen MR) is 101 cm³/mol. The Kier molecular flexibility index (Phi) is 6.21. The van der Waals surface area contributed by atoms with E-state index in [1.165, 1.54) is 0 Å². The molecule has 1 aromatic heterocycles. The summed E-state index contributed by atoms with van der Waals surface area (Å²) in [7, 11) is -1.36. The molecule has 26 heavy (non-hydrogen) atoms. The zero-order valence-corrected chi connectivity index (χ0v) is 15.0. The number of benzene rings is 1. The van der Waals surface area contributed by atoms with Gasteiger partial charge in [0.2, 0.25) is 0 Å². The lowest BCUT2D eigenvalue weighted by molar-refractivity contribution is 0.0320. The molecule has 1 aliphatic heterocycles. The van der Waals surface area contributed by atoms with Gasteiger partial charge in [-0.05, 0) is 18.2 Å². The number of anilines is 2. The SMILES string of the molecule is C=C(Nc1ccccc1N)S(=O)Cc1cc(OCC2COCO2)ccn1. The largest absolute Gasteiger partial charge is 0.491 e. The van der Waals surface area contributed by atoms with Gasteiger partial charge in [-0.15, -0.1) is 0 Å². The van der Waals surface area contributed by atoms with Crippen LogP contribution >= 0.6 is 0 Å². The molecule has 2 unspecified atom stereocenters. The van der Waals surface area contributed by atoms with Crippen molar-refractivity contribution < 1.29 is 18.4 Å². The zero-order chi connectivity index (χ0) is 18.4. The average Bonchev–Trinajstić information content (AvgIpc) is 3.16. The first-order chi connectivity index (χ1) is 12.6. The number of nitrogens with zero attached hydrogens (tertiary/aromatic N) is 1. The van der Waals surface area contributed by atoms with Gasteiger partial charge in [-0.2, -0.15) is 0 Å². The molecule has 1 aliphatic rings. The number of nitrogens with two attached hydrogens (primary N) is 1. The highest BCUT2D eigenvalue weighted by Crippen LogP contribution is 2.21. The van der Waals surface area contributed by atoms with Crippen molar-refractivity contribution in [3.8, 4) is 5.75 Å². The van der Waals surface area contributed by atoms with Crippen molar-refractivity contribution in [1.82, 2.24) is 4.98 Å². The number of hydrogen-bond acceptors (Lipinski definition) is 7. The van der Waals surface area contributed by atoms with Crippen LogP contribution in [-0.4, -0.2) is 35.3 Å². The quantitative estimate of drug-likeness (QED) is 0.683. The van der Waals surface area contributed by atoms with Gasteiger partial charge in [0, 0.05) is 12.3 Å². The van der Waals surface area contributed by atoms with E-state index in [9.17, 15) is 4.21 Å². The summed E-state index contributed by atoms with van der Waals surface area (Å²) in [6.45, 7) is 5.06. The molecule has 2 aromatic rings. The van der Waals surface area contributed by atoms with Gasteiger partial charge in [-0.1, -0.05) is 18.7 Å². The Bertz CT molecular complexity index is 794. The van der Waals surface area contributed by atoms with E-state index in [0.29, 0.717) is 47.9 Å². The third-order valence-corrected chi connectivity index (χ3v) is 4.91. The number of rotatable bonds is 8. The molecule has 3 N–H and O–H groups in total. The Balaban J connectivity index is 1.55. The first-order valence-electron chi connectivity index (χ1n) is 8.07. The Morgan fingerprint density at radius 1 is 1.42 bits per heavy atom. The van der Waals surface area contributed by atoms with Gasteiger partial charge in [0.1, 0.15) is 25.3 Å². The van der Waals surface area contributed by atoms with E-state index in [0.717, 1.165) is 0 Å². The summed E-state index contributed by atoms with van der Waals surface area (Å²) in [6, 6.07) is 10.8. The minimum Gasteiger partial charge on any atom is -0.491 e. The van der Waals surface area contributed by atoms with Crippen LogP contribution in [0.25, 0.3) is 0 Å². The van der Waals surface area contributed by atoms with Crippen molar-refractivity contribution >= 4 is 22.2 Å². The fourth-order valence-corrected chi connectivity index (χ4v) is 3.15. The van der Waals surface area contributed by atoms with Gasteiger partial charge in [0.15, 0.2) is 0 Å². The number of pyridine rings is 1. The molecule has 0 saturated carbocycles. The van der Waals surface area contributed by atoms with Gasteiger partial charge in [0.05, 0.1) is 45.3 Å². The van der Waals surface area contributed by atoms with E-state index in [1.807, 2.05) is 12.1 Å². The molecular formula is C18H21N3O4S. The minimum absolute atomic E-state index is 0.0685. The van der Waals surface area contributed by atoms with E-state index < -0.39 is 10.8 Å². The molecule has 2 heterocycles. The van der Waals surface area contributed by atoms with Crippen molar-refractivity contribution in [2.24, 2.45) is 0 Å². The number of nitrogen functional groups attached to an aromatic ring is 1. The van der Waals surface area contributed by atoms with Crippen LogP contribution in [0.3, 0.4) is 0 Å². The molecule has 0 amide bonds. The molecule has 8 heteroatoms. The van der Waals surface area contributed by atoms with E-state index in [1.54, 1.807) is 30.5 Å². The van der Waals surface area contributed by atoms with Gasteiger partial charge < -0.3 is 25.3 Å². The second kappa shape index (κ2) is 8.79. The second-order valence-electron chi connectivity index (χ2n) is 5.70. The molecule has 0 spiro atoms. The molecule has 1 aromatic carbocycles. The summed E-state index contributed by atoms with van der Waals surface area (Å²) in [6.07, 6.45) is 1.56. The normalized spacial score (nSPS) is 17.6. The summed E-state index contributed by atoms with van der Waals surface area (Å²) < 4.78 is 28.6. The maximum Gasteiger partial charge on any atom is 0.147 e. The maximum absolute atomic E-state index is 12.5. The van der Waals surface area contributed by atoms with Crippen LogP contribution in [0.4, 0.5) is 11.4 Å². The Labute approximate surface area is 154 Å². The average molecular weight is 375 g/mol. The van der Waals surface area contributed by atoms with E-state index >= 15 is 0 Å². The maximum atomic E-state index is 12.5. The lowest BCUT2D eigenvalue weighted by atomic mass is 10.3. The lowest BCUT2D eigenvalue weighted by Crippen LogP contribution is -2.19. The molecular weight excluding hydrogens is 354 g/mol. The van der Waals surface area contributed by atoms with Crippen LogP contribution in [0.5, 0.6) is 5.75 Å². The third-order valence-electron chi connectivity index (χ3n) is 3.70. The Morgan fingerprint density at radius 3 is 3.04 bits per heavy atom. The zero-order valence-electron chi connectivity index (χ0n) is 14.2. The second-order valence-corrected chi connectivity index (χ2v) is 7.17.